The van der Waals surface area contributed by atoms with E-state index in [2.05, 4.69) is 47.4 Å². The number of benzene rings is 2. The second-order valence-electron chi connectivity index (χ2n) is 10.4. The van der Waals surface area contributed by atoms with Crippen molar-refractivity contribution >= 4 is 39.0 Å². The van der Waals surface area contributed by atoms with E-state index in [4.69, 9.17) is 17.0 Å². The molecule has 0 amide bonds. The molecule has 2 aromatic carbocycles. The van der Waals surface area contributed by atoms with Gasteiger partial charge in [-0.3, -0.25) is 9.52 Å². The molecule has 2 aromatic rings. The highest BCUT2D eigenvalue weighted by atomic mass is 32.2. The first-order valence-electron chi connectivity index (χ1n) is 12.0. The molecule has 7 nitrogen and oxygen atoms in total. The zero-order chi connectivity index (χ0) is 27.1. The number of aryl methyl sites for hydroxylation is 2. The normalized spacial score (nSPS) is 13.4. The molecule has 0 fully saturated rings. The Morgan fingerprint density at radius 2 is 1.69 bits per heavy atom. The lowest BCUT2D eigenvalue weighted by Gasteiger charge is -2.23. The summed E-state index contributed by atoms with van der Waals surface area (Å²) in [6, 6.07) is 13.4. The predicted octanol–water partition coefficient (Wildman–Crippen LogP) is 4.65. The van der Waals surface area contributed by atoms with Crippen molar-refractivity contribution in [1.29, 1.82) is 0 Å². The van der Waals surface area contributed by atoms with Crippen LogP contribution in [0.3, 0.4) is 0 Å². The molecular weight excluding hydrogens is 494 g/mol. The Morgan fingerprint density at radius 3 is 2.25 bits per heavy atom. The van der Waals surface area contributed by atoms with E-state index < -0.39 is 15.4 Å². The molecule has 198 valence electrons. The third kappa shape index (κ3) is 10.1. The summed E-state index contributed by atoms with van der Waals surface area (Å²) >= 11 is 5.52. The Bertz CT molecular complexity index is 1160. The first-order valence-corrected chi connectivity index (χ1v) is 14.3. The van der Waals surface area contributed by atoms with Gasteiger partial charge >= 0.3 is 5.97 Å². The zero-order valence-electron chi connectivity index (χ0n) is 22.3. The fourth-order valence-electron chi connectivity index (χ4n) is 3.49. The highest BCUT2D eigenvalue weighted by molar-refractivity contribution is 7.92. The molecule has 0 bridgehead atoms. The molecule has 0 aliphatic rings. The Balaban J connectivity index is 1.99. The van der Waals surface area contributed by atoms with Crippen LogP contribution >= 0.6 is 12.2 Å². The van der Waals surface area contributed by atoms with Crippen LogP contribution in [0.25, 0.3) is 0 Å². The lowest BCUT2D eigenvalue weighted by molar-refractivity contribution is -0.154. The molecular formula is C27H39N3O4S2. The lowest BCUT2D eigenvalue weighted by atomic mass is 9.96. The summed E-state index contributed by atoms with van der Waals surface area (Å²) in [6.07, 6.45) is 1.87. The maximum Gasteiger partial charge on any atom is 0.311 e. The first kappa shape index (κ1) is 29.6. The van der Waals surface area contributed by atoms with Crippen molar-refractivity contribution in [2.75, 3.05) is 24.1 Å². The highest BCUT2D eigenvalue weighted by Gasteiger charge is 2.24. The Morgan fingerprint density at radius 1 is 1.06 bits per heavy atom. The molecule has 0 saturated heterocycles. The Hall–Kier alpha value is -2.65. The highest BCUT2D eigenvalue weighted by Crippen LogP contribution is 2.19. The van der Waals surface area contributed by atoms with E-state index >= 15 is 0 Å². The van der Waals surface area contributed by atoms with Gasteiger partial charge in [-0.15, -0.1) is 0 Å². The quantitative estimate of drug-likeness (QED) is 0.302. The van der Waals surface area contributed by atoms with Crippen molar-refractivity contribution in [2.24, 2.45) is 11.3 Å². The van der Waals surface area contributed by atoms with Gasteiger partial charge in [0, 0.05) is 18.2 Å². The number of carbonyl (C=O) groups excluding carboxylic acids is 1. The minimum atomic E-state index is -3.32. The van der Waals surface area contributed by atoms with E-state index in [0.717, 1.165) is 18.2 Å². The van der Waals surface area contributed by atoms with E-state index in [1.807, 2.05) is 39.8 Å². The molecule has 0 saturated carbocycles. The van der Waals surface area contributed by atoms with Gasteiger partial charge in [0.25, 0.3) is 0 Å². The van der Waals surface area contributed by atoms with Crippen molar-refractivity contribution in [3.05, 3.63) is 64.7 Å². The SMILES string of the molecule is Cc1ccc(C[C@H](CNC(=S)NC(C)c2ccc(NS(C)(=O)=O)cc2)COC(=O)C(C)(C)C)cc1C. The van der Waals surface area contributed by atoms with Crippen LogP contribution in [0.15, 0.2) is 42.5 Å². The third-order valence-corrected chi connectivity index (χ3v) is 6.64. The van der Waals surface area contributed by atoms with Crippen LogP contribution in [0.2, 0.25) is 0 Å². The van der Waals surface area contributed by atoms with Gasteiger partial charge in [-0.2, -0.15) is 0 Å². The number of sulfonamides is 1. The van der Waals surface area contributed by atoms with Gasteiger partial charge < -0.3 is 15.4 Å². The van der Waals surface area contributed by atoms with Crippen molar-refractivity contribution in [1.82, 2.24) is 10.6 Å². The number of hydrogen-bond donors (Lipinski definition) is 3. The summed E-state index contributed by atoms with van der Waals surface area (Å²) in [6.45, 7) is 12.5. The number of carbonyl (C=O) groups is 1. The van der Waals surface area contributed by atoms with E-state index in [-0.39, 0.29) is 17.9 Å². The van der Waals surface area contributed by atoms with Crippen LogP contribution in [0.1, 0.15) is 56.0 Å². The van der Waals surface area contributed by atoms with Gasteiger partial charge in [0.15, 0.2) is 5.11 Å². The van der Waals surface area contributed by atoms with Gasteiger partial charge in [0.2, 0.25) is 10.0 Å². The smallest absolute Gasteiger partial charge is 0.311 e. The van der Waals surface area contributed by atoms with Crippen LogP contribution < -0.4 is 15.4 Å². The zero-order valence-corrected chi connectivity index (χ0v) is 23.9. The summed E-state index contributed by atoms with van der Waals surface area (Å²) in [4.78, 5) is 12.3. The average molecular weight is 534 g/mol. The molecule has 0 heterocycles. The van der Waals surface area contributed by atoms with E-state index in [0.29, 0.717) is 24.0 Å². The van der Waals surface area contributed by atoms with Crippen molar-refractivity contribution in [3.63, 3.8) is 0 Å². The number of thiocarbonyl (C=S) groups is 1. The average Bonchev–Trinajstić information content (AvgIpc) is 2.76. The van der Waals surface area contributed by atoms with Gasteiger partial charge in [-0.05, 0) is 94.6 Å². The molecule has 36 heavy (non-hydrogen) atoms. The maximum atomic E-state index is 12.3. The molecule has 0 aliphatic heterocycles. The molecule has 9 heteroatoms. The van der Waals surface area contributed by atoms with Gasteiger partial charge in [-0.1, -0.05) is 30.3 Å². The number of anilines is 1. The second kappa shape index (κ2) is 12.5. The molecule has 3 N–H and O–H groups in total. The van der Waals surface area contributed by atoms with E-state index in [9.17, 15) is 13.2 Å². The summed E-state index contributed by atoms with van der Waals surface area (Å²) in [5.74, 6) is -0.189. The topological polar surface area (TPSA) is 96.5 Å². The van der Waals surface area contributed by atoms with Crippen molar-refractivity contribution in [2.45, 2.75) is 54.0 Å². The summed E-state index contributed by atoms with van der Waals surface area (Å²) < 4.78 is 30.9. The van der Waals surface area contributed by atoms with Gasteiger partial charge in [0.05, 0.1) is 24.3 Å². The standard InChI is InChI=1S/C27H39N3O4S2/c1-18-8-9-21(14-19(18)2)15-22(17-34-25(31)27(4,5)6)16-28-26(35)29-20(3)23-10-12-24(13-11-23)30-36(7,32)33/h8-14,20,22,30H,15-17H2,1-7H3,(H2,28,29,35)/t20?,22-/m1/s1. The minimum absolute atomic E-state index is 0.0369. The molecule has 1 unspecified atom stereocenters. The van der Waals surface area contributed by atoms with Crippen LogP contribution in [0.4, 0.5) is 5.69 Å². The van der Waals surface area contributed by atoms with Gasteiger partial charge in [-0.25, -0.2) is 8.42 Å². The minimum Gasteiger partial charge on any atom is -0.465 e. The van der Waals surface area contributed by atoms with E-state index in [1.165, 1.54) is 16.7 Å². The molecule has 2 atom stereocenters. The van der Waals surface area contributed by atoms with Crippen molar-refractivity contribution in [3.8, 4) is 0 Å². The Labute approximate surface area is 221 Å². The van der Waals surface area contributed by atoms with Crippen LogP contribution in [0, 0.1) is 25.2 Å². The first-order chi connectivity index (χ1) is 16.6. The number of esters is 1. The summed E-state index contributed by atoms with van der Waals surface area (Å²) in [5.41, 5.74) is 4.57. The van der Waals surface area contributed by atoms with Crippen LogP contribution in [-0.2, 0) is 26.0 Å². The third-order valence-electron chi connectivity index (χ3n) is 5.77. The van der Waals surface area contributed by atoms with Crippen LogP contribution in [-0.4, -0.2) is 38.9 Å². The molecule has 0 aliphatic carbocycles. The lowest BCUT2D eigenvalue weighted by Crippen LogP contribution is -2.41. The summed E-state index contributed by atoms with van der Waals surface area (Å²) in [5, 5.41) is 7.03. The second-order valence-corrected chi connectivity index (χ2v) is 12.6. The molecule has 0 aromatic heterocycles. The van der Waals surface area contributed by atoms with Crippen molar-refractivity contribution < 1.29 is 17.9 Å². The molecule has 0 spiro atoms. The van der Waals surface area contributed by atoms with E-state index in [1.54, 1.807) is 12.1 Å². The Kier molecular flexibility index (Phi) is 10.3. The maximum absolute atomic E-state index is 12.3. The fraction of sp³-hybridized carbons (Fsp3) is 0.481. The summed E-state index contributed by atoms with van der Waals surface area (Å²) in [7, 11) is -3.32. The molecule has 2 rings (SSSR count). The fourth-order valence-corrected chi connectivity index (χ4v) is 4.31. The largest absolute Gasteiger partial charge is 0.465 e. The number of rotatable bonds is 10. The number of ether oxygens (including phenoxy) is 1. The predicted molar refractivity (Wildman–Crippen MR) is 151 cm³/mol. The monoisotopic (exact) mass is 533 g/mol. The molecule has 0 radical (unpaired) electrons. The number of hydrogen-bond acceptors (Lipinski definition) is 5. The van der Waals surface area contributed by atoms with Gasteiger partial charge in [0.1, 0.15) is 0 Å². The number of nitrogens with one attached hydrogen (secondary N) is 3. The van der Waals surface area contributed by atoms with Crippen LogP contribution in [0.5, 0.6) is 0 Å².